The minimum atomic E-state index is 0. The molecule has 1 rings (SSSR count). The third kappa shape index (κ3) is 11.2. The van der Waals surface area contributed by atoms with E-state index in [0.717, 1.165) is 49.9 Å². The van der Waals surface area contributed by atoms with Crippen molar-refractivity contribution in [3.8, 4) is 11.5 Å². The topological polar surface area (TPSA) is 73.3 Å². The van der Waals surface area contributed by atoms with Crippen molar-refractivity contribution in [1.29, 1.82) is 0 Å². The fraction of sp³-hybridized carbons (Fsp3) is 0.632. The maximum absolute atomic E-state index is 5.54. The molecule has 0 aliphatic heterocycles. The van der Waals surface area contributed by atoms with E-state index in [0.29, 0.717) is 25.6 Å². The van der Waals surface area contributed by atoms with Gasteiger partial charge in [-0.15, -0.1) is 24.0 Å². The van der Waals surface area contributed by atoms with Gasteiger partial charge >= 0.3 is 0 Å². The zero-order valence-electron chi connectivity index (χ0n) is 16.9. The van der Waals surface area contributed by atoms with Crippen LogP contribution in [0.5, 0.6) is 11.5 Å². The van der Waals surface area contributed by atoms with E-state index in [-0.39, 0.29) is 24.0 Å². The Hall–Kier alpha value is -1.26. The maximum atomic E-state index is 5.54. The van der Waals surface area contributed by atoms with Crippen LogP contribution in [0.25, 0.3) is 0 Å². The monoisotopic (exact) mass is 495 g/mol. The summed E-state index contributed by atoms with van der Waals surface area (Å²) in [7, 11) is 3.31. The highest BCUT2D eigenvalue weighted by atomic mass is 127. The summed E-state index contributed by atoms with van der Waals surface area (Å²) in [5, 5.41) is 6.54. The molecular weight excluding hydrogens is 461 g/mol. The molecule has 0 heterocycles. The number of ether oxygens (including phenoxy) is 4. The molecule has 7 nitrogen and oxygen atoms in total. The number of halogens is 1. The van der Waals surface area contributed by atoms with Crippen molar-refractivity contribution in [2.24, 2.45) is 4.99 Å². The first-order chi connectivity index (χ1) is 12.7. The van der Waals surface area contributed by atoms with Crippen molar-refractivity contribution in [2.45, 2.75) is 26.7 Å². The number of unbranched alkanes of at least 4 members (excludes halogenated alkanes) is 1. The number of aliphatic imine (C=N–C) groups is 1. The molecule has 0 aliphatic rings. The molecule has 1 aromatic rings. The fourth-order valence-electron chi connectivity index (χ4n) is 2.21. The molecule has 0 unspecified atom stereocenters. The summed E-state index contributed by atoms with van der Waals surface area (Å²) in [4.78, 5) is 4.60. The Morgan fingerprint density at radius 3 is 2.52 bits per heavy atom. The smallest absolute Gasteiger partial charge is 0.195 e. The largest absolute Gasteiger partial charge is 0.493 e. The number of guanidine groups is 1. The van der Waals surface area contributed by atoms with E-state index in [9.17, 15) is 0 Å². The van der Waals surface area contributed by atoms with E-state index < -0.39 is 0 Å². The Morgan fingerprint density at radius 2 is 1.85 bits per heavy atom. The quantitative estimate of drug-likeness (QED) is 0.189. The van der Waals surface area contributed by atoms with E-state index in [1.165, 1.54) is 0 Å². The molecule has 0 bridgehead atoms. The van der Waals surface area contributed by atoms with Crippen LogP contribution >= 0.6 is 24.0 Å². The number of benzene rings is 1. The van der Waals surface area contributed by atoms with E-state index in [4.69, 9.17) is 18.9 Å². The lowest BCUT2D eigenvalue weighted by Gasteiger charge is -2.14. The van der Waals surface area contributed by atoms with Crippen LogP contribution < -0.4 is 20.1 Å². The van der Waals surface area contributed by atoms with Gasteiger partial charge in [-0.3, -0.25) is 4.99 Å². The van der Waals surface area contributed by atoms with E-state index in [1.54, 1.807) is 14.2 Å². The van der Waals surface area contributed by atoms with Crippen molar-refractivity contribution in [2.75, 3.05) is 59.1 Å². The summed E-state index contributed by atoms with van der Waals surface area (Å²) in [6.07, 6.45) is 1.94. The first kappa shape index (κ1) is 25.7. The van der Waals surface area contributed by atoms with Crippen LogP contribution in [-0.2, 0) is 9.47 Å². The number of anilines is 1. The van der Waals surface area contributed by atoms with Gasteiger partial charge in [-0.2, -0.15) is 0 Å². The number of hydrogen-bond donors (Lipinski definition) is 2. The summed E-state index contributed by atoms with van der Waals surface area (Å²) in [5.74, 6) is 2.18. The summed E-state index contributed by atoms with van der Waals surface area (Å²) >= 11 is 0. The molecule has 0 spiro atoms. The highest BCUT2D eigenvalue weighted by molar-refractivity contribution is 14.0. The zero-order valence-corrected chi connectivity index (χ0v) is 19.2. The number of nitrogens with zero attached hydrogens (tertiary/aromatic N) is 1. The maximum Gasteiger partial charge on any atom is 0.195 e. The Labute approximate surface area is 180 Å². The van der Waals surface area contributed by atoms with E-state index in [2.05, 4.69) is 15.6 Å². The second-order valence-electron chi connectivity index (χ2n) is 5.50. The Balaban J connectivity index is 0.00000676. The van der Waals surface area contributed by atoms with Crippen molar-refractivity contribution in [1.82, 2.24) is 5.32 Å². The highest BCUT2D eigenvalue weighted by Crippen LogP contribution is 2.30. The van der Waals surface area contributed by atoms with Crippen molar-refractivity contribution in [3.63, 3.8) is 0 Å². The molecule has 0 saturated heterocycles. The van der Waals surface area contributed by atoms with Gasteiger partial charge in [0, 0.05) is 38.6 Å². The van der Waals surface area contributed by atoms with Crippen molar-refractivity contribution < 1.29 is 18.9 Å². The van der Waals surface area contributed by atoms with Crippen LogP contribution in [0.1, 0.15) is 26.7 Å². The lowest BCUT2D eigenvalue weighted by molar-refractivity contribution is 0.0690. The van der Waals surface area contributed by atoms with Gasteiger partial charge < -0.3 is 29.6 Å². The van der Waals surface area contributed by atoms with Gasteiger partial charge in [0.05, 0.1) is 26.9 Å². The number of rotatable bonds is 13. The van der Waals surface area contributed by atoms with Crippen LogP contribution in [0.3, 0.4) is 0 Å². The first-order valence-electron chi connectivity index (χ1n) is 9.18. The average molecular weight is 495 g/mol. The predicted octanol–water partition coefficient (Wildman–Crippen LogP) is 3.53. The normalized spacial score (nSPS) is 10.9. The number of methoxy groups -OCH3 is 2. The molecular formula is C19H34IN3O4. The third-order valence-electron chi connectivity index (χ3n) is 3.47. The Bertz CT molecular complexity index is 530. The Morgan fingerprint density at radius 1 is 1.04 bits per heavy atom. The summed E-state index contributed by atoms with van der Waals surface area (Å²) < 4.78 is 21.3. The fourth-order valence-corrected chi connectivity index (χ4v) is 2.21. The second-order valence-corrected chi connectivity index (χ2v) is 5.50. The van der Waals surface area contributed by atoms with Gasteiger partial charge in [0.1, 0.15) is 0 Å². The molecule has 0 radical (unpaired) electrons. The molecule has 2 N–H and O–H groups in total. The molecule has 27 heavy (non-hydrogen) atoms. The van der Waals surface area contributed by atoms with Crippen LogP contribution in [0.15, 0.2) is 23.2 Å². The molecule has 0 fully saturated rings. The molecule has 8 heteroatoms. The molecule has 0 amide bonds. The minimum absolute atomic E-state index is 0. The first-order valence-corrected chi connectivity index (χ1v) is 9.18. The standard InChI is InChI=1S/C19H33N3O4.HI/c1-5-20-19(21-11-7-8-12-25-14-13-23-3)22-16-9-10-17(26-6-2)18(15-16)24-4;/h9-10,15H,5-8,11-14H2,1-4H3,(H2,20,21,22);1H. The van der Waals surface area contributed by atoms with Crippen LogP contribution in [0, 0.1) is 0 Å². The minimum Gasteiger partial charge on any atom is -0.493 e. The summed E-state index contributed by atoms with van der Waals surface area (Å²) in [6.45, 7) is 8.13. The lowest BCUT2D eigenvalue weighted by atomic mass is 10.2. The number of hydrogen-bond acceptors (Lipinski definition) is 5. The SMILES string of the molecule is CCNC(=NCCCCOCCOC)Nc1ccc(OCC)c(OC)c1.I. The predicted molar refractivity (Wildman–Crippen MR) is 121 cm³/mol. The molecule has 156 valence electrons. The van der Waals surface area contributed by atoms with Gasteiger partial charge in [-0.1, -0.05) is 0 Å². The summed E-state index contributed by atoms with van der Waals surface area (Å²) in [6, 6.07) is 5.75. The number of nitrogens with one attached hydrogen (secondary N) is 2. The lowest BCUT2D eigenvalue weighted by Crippen LogP contribution is -2.30. The molecule has 0 saturated carbocycles. The zero-order chi connectivity index (χ0) is 19.0. The van der Waals surface area contributed by atoms with E-state index >= 15 is 0 Å². The average Bonchev–Trinajstić information content (AvgIpc) is 2.65. The van der Waals surface area contributed by atoms with Crippen LogP contribution in [0.2, 0.25) is 0 Å². The molecule has 1 aromatic carbocycles. The molecule has 0 atom stereocenters. The van der Waals surface area contributed by atoms with E-state index in [1.807, 2.05) is 32.0 Å². The molecule has 0 aliphatic carbocycles. The van der Waals surface area contributed by atoms with Crippen LogP contribution in [0.4, 0.5) is 5.69 Å². The van der Waals surface area contributed by atoms with Gasteiger partial charge in [0.15, 0.2) is 17.5 Å². The van der Waals surface area contributed by atoms with Gasteiger partial charge in [0.25, 0.3) is 0 Å². The summed E-state index contributed by atoms with van der Waals surface area (Å²) in [5.41, 5.74) is 0.896. The van der Waals surface area contributed by atoms with Gasteiger partial charge in [-0.05, 0) is 38.8 Å². The van der Waals surface area contributed by atoms with Crippen molar-refractivity contribution >= 4 is 35.6 Å². The molecule has 0 aromatic heterocycles. The van der Waals surface area contributed by atoms with Gasteiger partial charge in [-0.25, -0.2) is 0 Å². The Kier molecular flexibility index (Phi) is 16.1. The van der Waals surface area contributed by atoms with Crippen molar-refractivity contribution in [3.05, 3.63) is 18.2 Å². The van der Waals surface area contributed by atoms with Gasteiger partial charge in [0.2, 0.25) is 0 Å². The highest BCUT2D eigenvalue weighted by Gasteiger charge is 2.06. The van der Waals surface area contributed by atoms with Crippen LogP contribution in [-0.4, -0.2) is 59.7 Å². The second kappa shape index (κ2) is 16.9. The third-order valence-corrected chi connectivity index (χ3v) is 3.47.